The van der Waals surface area contributed by atoms with E-state index >= 15 is 0 Å². The Hall–Kier alpha value is -3.30. The van der Waals surface area contributed by atoms with Crippen LogP contribution in [0.2, 0.25) is 15.1 Å². The number of nitriles is 1. The van der Waals surface area contributed by atoms with Crippen molar-refractivity contribution in [2.24, 2.45) is 0 Å². The Morgan fingerprint density at radius 2 is 1.58 bits per heavy atom. The molecule has 0 heterocycles. The molecule has 154 valence electrons. The summed E-state index contributed by atoms with van der Waals surface area (Å²) in [6, 6.07) is 19.2. The Labute approximate surface area is 193 Å². The molecule has 1 amide bonds. The van der Waals surface area contributed by atoms with Crippen LogP contribution in [0.15, 0.2) is 72.3 Å². The number of anilines is 1. The molecular formula is C23H13Cl3N2O3. The second-order valence-electron chi connectivity index (χ2n) is 6.22. The fourth-order valence-corrected chi connectivity index (χ4v) is 2.89. The number of amides is 1. The normalized spacial score (nSPS) is 10.8. The van der Waals surface area contributed by atoms with Crippen molar-refractivity contribution in [2.45, 2.75) is 0 Å². The van der Waals surface area contributed by atoms with Crippen molar-refractivity contribution in [3.05, 3.63) is 98.5 Å². The first-order valence-corrected chi connectivity index (χ1v) is 9.95. The van der Waals surface area contributed by atoms with E-state index in [0.717, 1.165) is 0 Å². The Kier molecular flexibility index (Phi) is 7.32. The van der Waals surface area contributed by atoms with Crippen LogP contribution in [0, 0.1) is 11.3 Å². The van der Waals surface area contributed by atoms with Gasteiger partial charge in [0.05, 0.1) is 15.6 Å². The lowest BCUT2D eigenvalue weighted by molar-refractivity contribution is -0.112. The lowest BCUT2D eigenvalue weighted by Crippen LogP contribution is -2.13. The summed E-state index contributed by atoms with van der Waals surface area (Å²) >= 11 is 17.6. The predicted octanol–water partition coefficient (Wildman–Crippen LogP) is 6.41. The summed E-state index contributed by atoms with van der Waals surface area (Å²) in [4.78, 5) is 24.6. The Bertz CT molecular complexity index is 1200. The number of benzene rings is 3. The van der Waals surface area contributed by atoms with Crippen molar-refractivity contribution >= 4 is 58.4 Å². The minimum atomic E-state index is -0.595. The molecule has 0 aliphatic heterocycles. The zero-order valence-electron chi connectivity index (χ0n) is 15.7. The minimum absolute atomic E-state index is 0.0875. The van der Waals surface area contributed by atoms with Crippen molar-refractivity contribution in [3.63, 3.8) is 0 Å². The van der Waals surface area contributed by atoms with Gasteiger partial charge in [-0.2, -0.15) is 5.26 Å². The Morgan fingerprint density at radius 1 is 0.903 bits per heavy atom. The maximum absolute atomic E-state index is 12.3. The lowest BCUT2D eigenvalue weighted by atomic mass is 10.1. The monoisotopic (exact) mass is 470 g/mol. The molecular weight excluding hydrogens is 459 g/mol. The van der Waals surface area contributed by atoms with Crippen LogP contribution in [0.5, 0.6) is 5.75 Å². The van der Waals surface area contributed by atoms with Gasteiger partial charge in [-0.3, -0.25) is 4.79 Å². The maximum Gasteiger partial charge on any atom is 0.343 e. The maximum atomic E-state index is 12.3. The molecule has 0 atom stereocenters. The van der Waals surface area contributed by atoms with Crippen LogP contribution >= 0.6 is 34.8 Å². The molecule has 1 N–H and O–H groups in total. The highest BCUT2D eigenvalue weighted by Gasteiger charge is 2.12. The number of hydrogen-bond donors (Lipinski definition) is 1. The van der Waals surface area contributed by atoms with E-state index in [9.17, 15) is 14.9 Å². The Balaban J connectivity index is 1.69. The molecule has 0 fully saturated rings. The summed E-state index contributed by atoms with van der Waals surface area (Å²) in [7, 11) is 0. The van der Waals surface area contributed by atoms with Crippen LogP contribution in [0.25, 0.3) is 6.08 Å². The summed E-state index contributed by atoms with van der Waals surface area (Å²) in [6.07, 6.45) is 1.43. The highest BCUT2D eigenvalue weighted by Crippen LogP contribution is 2.24. The molecule has 0 saturated heterocycles. The van der Waals surface area contributed by atoms with Gasteiger partial charge in [0.15, 0.2) is 0 Å². The highest BCUT2D eigenvalue weighted by atomic mass is 35.5. The first-order chi connectivity index (χ1) is 14.9. The summed E-state index contributed by atoms with van der Waals surface area (Å²) < 4.78 is 5.30. The molecule has 3 rings (SSSR count). The topological polar surface area (TPSA) is 79.2 Å². The summed E-state index contributed by atoms with van der Waals surface area (Å²) in [6.45, 7) is 0. The van der Waals surface area contributed by atoms with Crippen molar-refractivity contribution in [2.75, 3.05) is 5.32 Å². The number of carbonyl (C=O) groups is 2. The average molecular weight is 472 g/mol. The zero-order valence-corrected chi connectivity index (χ0v) is 18.0. The van der Waals surface area contributed by atoms with Crippen LogP contribution < -0.4 is 10.1 Å². The molecule has 0 radical (unpaired) electrons. The molecule has 0 spiro atoms. The Morgan fingerprint density at radius 3 is 2.19 bits per heavy atom. The van der Waals surface area contributed by atoms with E-state index < -0.39 is 11.9 Å². The smallest absolute Gasteiger partial charge is 0.343 e. The van der Waals surface area contributed by atoms with E-state index in [1.807, 2.05) is 6.07 Å². The number of esters is 1. The van der Waals surface area contributed by atoms with E-state index in [2.05, 4.69) is 5.32 Å². The first kappa shape index (κ1) is 22.4. The number of halogens is 3. The van der Waals surface area contributed by atoms with Crippen molar-refractivity contribution in [1.29, 1.82) is 5.26 Å². The highest BCUT2D eigenvalue weighted by molar-refractivity contribution is 6.42. The standard InChI is InChI=1S/C23H13Cl3N2O3/c24-17-4-6-18(7-5-17)28-22(29)16(13-27)11-14-1-8-19(9-2-14)31-23(30)15-3-10-20(25)21(26)12-15/h1-12H,(H,28,29)/b16-11-. The fourth-order valence-electron chi connectivity index (χ4n) is 2.47. The molecule has 0 aromatic heterocycles. The van der Waals surface area contributed by atoms with E-state index in [1.54, 1.807) is 48.5 Å². The van der Waals surface area contributed by atoms with E-state index in [1.165, 1.54) is 24.3 Å². The third-order valence-corrected chi connectivity index (χ3v) is 5.02. The number of rotatable bonds is 5. The zero-order chi connectivity index (χ0) is 22.4. The van der Waals surface area contributed by atoms with Gasteiger partial charge >= 0.3 is 5.97 Å². The van der Waals surface area contributed by atoms with Crippen LogP contribution in [-0.4, -0.2) is 11.9 Å². The number of hydrogen-bond acceptors (Lipinski definition) is 4. The lowest BCUT2D eigenvalue weighted by Gasteiger charge is -2.06. The van der Waals surface area contributed by atoms with Crippen LogP contribution in [0.3, 0.4) is 0 Å². The predicted molar refractivity (Wildman–Crippen MR) is 122 cm³/mol. The molecule has 0 unspecified atom stereocenters. The average Bonchev–Trinajstić information content (AvgIpc) is 2.76. The van der Waals surface area contributed by atoms with Gasteiger partial charge in [0.1, 0.15) is 17.4 Å². The van der Waals surface area contributed by atoms with Gasteiger partial charge in [-0.15, -0.1) is 0 Å². The largest absolute Gasteiger partial charge is 0.423 e. The van der Waals surface area contributed by atoms with Gasteiger partial charge in [-0.25, -0.2) is 4.79 Å². The first-order valence-electron chi connectivity index (χ1n) is 8.82. The van der Waals surface area contributed by atoms with E-state index in [4.69, 9.17) is 39.5 Å². The molecule has 5 nitrogen and oxygen atoms in total. The molecule has 0 bridgehead atoms. The van der Waals surface area contributed by atoms with Gasteiger partial charge in [-0.1, -0.05) is 46.9 Å². The third-order valence-electron chi connectivity index (χ3n) is 4.02. The van der Waals surface area contributed by atoms with Gasteiger partial charge in [0.25, 0.3) is 5.91 Å². The molecule has 3 aromatic rings. The number of nitrogens with one attached hydrogen (secondary N) is 1. The van der Waals surface area contributed by atoms with Crippen LogP contribution in [-0.2, 0) is 4.79 Å². The summed E-state index contributed by atoms with van der Waals surface area (Å²) in [5, 5.41) is 13.1. The number of carbonyl (C=O) groups excluding carboxylic acids is 2. The number of ether oxygens (including phenoxy) is 1. The molecule has 8 heteroatoms. The number of nitrogens with zero attached hydrogens (tertiary/aromatic N) is 1. The van der Waals surface area contributed by atoms with Crippen LogP contribution in [0.4, 0.5) is 5.69 Å². The molecule has 0 aliphatic rings. The SMILES string of the molecule is N#C/C(=C/c1ccc(OC(=O)c2ccc(Cl)c(Cl)c2)cc1)C(=O)Nc1ccc(Cl)cc1. The van der Waals surface area contributed by atoms with Crippen molar-refractivity contribution in [3.8, 4) is 11.8 Å². The van der Waals surface area contributed by atoms with Gasteiger partial charge in [-0.05, 0) is 66.2 Å². The molecule has 31 heavy (non-hydrogen) atoms. The van der Waals surface area contributed by atoms with Gasteiger partial charge in [0.2, 0.25) is 0 Å². The van der Waals surface area contributed by atoms with Crippen molar-refractivity contribution in [1.82, 2.24) is 0 Å². The van der Waals surface area contributed by atoms with E-state index in [0.29, 0.717) is 21.3 Å². The van der Waals surface area contributed by atoms with E-state index in [-0.39, 0.29) is 21.9 Å². The quantitative estimate of drug-likeness (QED) is 0.202. The summed E-state index contributed by atoms with van der Waals surface area (Å²) in [5.41, 5.74) is 1.26. The third kappa shape index (κ3) is 6.09. The van der Waals surface area contributed by atoms with Crippen LogP contribution in [0.1, 0.15) is 15.9 Å². The second-order valence-corrected chi connectivity index (χ2v) is 7.47. The molecule has 0 aliphatic carbocycles. The molecule has 3 aromatic carbocycles. The minimum Gasteiger partial charge on any atom is -0.423 e. The van der Waals surface area contributed by atoms with Gasteiger partial charge in [0, 0.05) is 10.7 Å². The second kappa shape index (κ2) is 10.1. The van der Waals surface area contributed by atoms with Crippen molar-refractivity contribution < 1.29 is 14.3 Å². The van der Waals surface area contributed by atoms with Gasteiger partial charge < -0.3 is 10.1 Å². The molecule has 0 saturated carbocycles. The fraction of sp³-hybridized carbons (Fsp3) is 0. The summed E-state index contributed by atoms with van der Waals surface area (Å²) in [5.74, 6) is -0.862.